The van der Waals surface area contributed by atoms with Gasteiger partial charge in [0.2, 0.25) is 0 Å². The molecular weight excluding hydrogens is 284 g/mol. The quantitative estimate of drug-likeness (QED) is 0.704. The predicted octanol–water partition coefficient (Wildman–Crippen LogP) is 4.00. The van der Waals surface area contributed by atoms with E-state index in [9.17, 15) is 0 Å². The van der Waals surface area contributed by atoms with Gasteiger partial charge in [-0.1, -0.05) is 28.1 Å². The molecule has 0 amide bonds. The first-order chi connectivity index (χ1) is 7.80. The van der Waals surface area contributed by atoms with Crippen LogP contribution >= 0.6 is 27.7 Å². The number of thioether (sulfide) groups is 1. The van der Waals surface area contributed by atoms with Crippen LogP contribution in [-0.4, -0.2) is 24.4 Å². The van der Waals surface area contributed by atoms with Crippen molar-refractivity contribution in [2.75, 3.05) is 24.4 Å². The van der Waals surface area contributed by atoms with E-state index in [4.69, 9.17) is 4.74 Å². The van der Waals surface area contributed by atoms with Gasteiger partial charge in [0, 0.05) is 5.33 Å². The molecule has 90 valence electrons. The van der Waals surface area contributed by atoms with Crippen LogP contribution in [0, 0.1) is 5.92 Å². The molecule has 1 unspecified atom stereocenters. The lowest BCUT2D eigenvalue weighted by Gasteiger charge is -2.13. The van der Waals surface area contributed by atoms with Crippen LogP contribution < -0.4 is 4.74 Å². The van der Waals surface area contributed by atoms with Crippen molar-refractivity contribution >= 4 is 27.7 Å². The number of benzene rings is 1. The molecule has 0 aromatic heterocycles. The number of methoxy groups -OCH3 is 1. The third-order valence-electron chi connectivity index (χ3n) is 2.63. The van der Waals surface area contributed by atoms with Gasteiger partial charge in [-0.2, -0.15) is 11.8 Å². The Hall–Kier alpha value is -0.150. The fourth-order valence-corrected chi connectivity index (χ4v) is 2.73. The van der Waals surface area contributed by atoms with Crippen molar-refractivity contribution in [3.05, 3.63) is 29.8 Å². The van der Waals surface area contributed by atoms with Gasteiger partial charge in [-0.15, -0.1) is 0 Å². The summed E-state index contributed by atoms with van der Waals surface area (Å²) in [4.78, 5) is 0. The van der Waals surface area contributed by atoms with Gasteiger partial charge in [0.25, 0.3) is 0 Å². The lowest BCUT2D eigenvalue weighted by Crippen LogP contribution is -2.07. The topological polar surface area (TPSA) is 9.23 Å². The fraction of sp³-hybridized carbons (Fsp3) is 0.538. The highest BCUT2D eigenvalue weighted by molar-refractivity contribution is 9.09. The summed E-state index contributed by atoms with van der Waals surface area (Å²) in [5, 5.41) is 1.08. The van der Waals surface area contributed by atoms with Crippen molar-refractivity contribution in [1.29, 1.82) is 0 Å². The van der Waals surface area contributed by atoms with E-state index >= 15 is 0 Å². The number of hydrogen-bond donors (Lipinski definition) is 0. The molecule has 0 bridgehead atoms. The van der Waals surface area contributed by atoms with Gasteiger partial charge < -0.3 is 4.74 Å². The van der Waals surface area contributed by atoms with Gasteiger partial charge in [0.15, 0.2) is 0 Å². The monoisotopic (exact) mass is 302 g/mol. The summed E-state index contributed by atoms with van der Waals surface area (Å²) in [6.07, 6.45) is 4.59. The molecule has 1 rings (SSSR count). The summed E-state index contributed by atoms with van der Waals surface area (Å²) in [6, 6.07) is 8.39. The fourth-order valence-electron chi connectivity index (χ4n) is 1.61. The van der Waals surface area contributed by atoms with Crippen LogP contribution in [0.2, 0.25) is 0 Å². The molecular formula is C13H19BrOS. The molecule has 1 nitrogen and oxygen atoms in total. The van der Waals surface area contributed by atoms with Crippen molar-refractivity contribution in [3.8, 4) is 5.75 Å². The van der Waals surface area contributed by atoms with Gasteiger partial charge in [-0.3, -0.25) is 0 Å². The molecule has 1 aromatic rings. The van der Waals surface area contributed by atoms with E-state index < -0.39 is 0 Å². The van der Waals surface area contributed by atoms with Crippen molar-refractivity contribution in [1.82, 2.24) is 0 Å². The van der Waals surface area contributed by atoms with Crippen LogP contribution in [0.25, 0.3) is 0 Å². The minimum absolute atomic E-state index is 0.737. The second-order valence-electron chi connectivity index (χ2n) is 3.85. The van der Waals surface area contributed by atoms with E-state index in [1.54, 1.807) is 7.11 Å². The first kappa shape index (κ1) is 13.9. The average molecular weight is 303 g/mol. The lowest BCUT2D eigenvalue weighted by atomic mass is 9.99. The van der Waals surface area contributed by atoms with Gasteiger partial charge in [-0.25, -0.2) is 0 Å². The number of alkyl halides is 1. The minimum atomic E-state index is 0.737. The van der Waals surface area contributed by atoms with Crippen LogP contribution in [0.4, 0.5) is 0 Å². The van der Waals surface area contributed by atoms with Gasteiger partial charge in [0.1, 0.15) is 5.75 Å². The zero-order valence-corrected chi connectivity index (χ0v) is 12.3. The molecule has 0 aliphatic carbocycles. The van der Waals surface area contributed by atoms with Crippen molar-refractivity contribution < 1.29 is 4.74 Å². The van der Waals surface area contributed by atoms with Crippen molar-refractivity contribution in [2.45, 2.75) is 12.8 Å². The number of ether oxygens (including phenoxy) is 1. The largest absolute Gasteiger partial charge is 0.497 e. The highest BCUT2D eigenvalue weighted by Crippen LogP contribution is 2.19. The summed E-state index contributed by atoms with van der Waals surface area (Å²) in [5.41, 5.74) is 1.39. The molecule has 3 heteroatoms. The van der Waals surface area contributed by atoms with E-state index in [-0.39, 0.29) is 0 Å². The molecule has 0 radical (unpaired) electrons. The number of hydrogen-bond acceptors (Lipinski definition) is 2. The minimum Gasteiger partial charge on any atom is -0.497 e. The SMILES string of the molecule is COc1ccc(CC(CBr)CCSC)cc1. The second kappa shape index (κ2) is 8.02. The predicted molar refractivity (Wildman–Crippen MR) is 77.0 cm³/mol. The highest BCUT2D eigenvalue weighted by Gasteiger charge is 2.07. The summed E-state index contributed by atoms with van der Waals surface area (Å²) in [7, 11) is 1.70. The summed E-state index contributed by atoms with van der Waals surface area (Å²) >= 11 is 5.52. The molecule has 0 aliphatic rings. The molecule has 0 heterocycles. The van der Waals surface area contributed by atoms with E-state index in [0.717, 1.165) is 23.4 Å². The Labute approximate surface area is 111 Å². The molecule has 0 spiro atoms. The normalized spacial score (nSPS) is 12.4. The van der Waals surface area contributed by atoms with E-state index in [1.165, 1.54) is 17.7 Å². The lowest BCUT2D eigenvalue weighted by molar-refractivity contribution is 0.414. The zero-order chi connectivity index (χ0) is 11.8. The standard InChI is InChI=1S/C13H19BrOS/c1-15-13-5-3-11(4-6-13)9-12(10-14)7-8-16-2/h3-6,12H,7-10H2,1-2H3. The summed E-state index contributed by atoms with van der Waals surface area (Å²) in [5.74, 6) is 2.91. The third-order valence-corrected chi connectivity index (χ3v) is 4.19. The van der Waals surface area contributed by atoms with E-state index in [0.29, 0.717) is 0 Å². The van der Waals surface area contributed by atoms with Crippen molar-refractivity contribution in [2.24, 2.45) is 5.92 Å². The molecule has 0 fully saturated rings. The summed E-state index contributed by atoms with van der Waals surface area (Å²) in [6.45, 7) is 0. The van der Waals surface area contributed by atoms with Crippen LogP contribution in [0.3, 0.4) is 0 Å². The van der Waals surface area contributed by atoms with Crippen molar-refractivity contribution in [3.63, 3.8) is 0 Å². The molecule has 0 saturated heterocycles. The van der Waals surface area contributed by atoms with E-state index in [2.05, 4.69) is 34.3 Å². The Morgan fingerprint density at radius 2 is 2.00 bits per heavy atom. The Bertz CT molecular complexity index is 286. The Morgan fingerprint density at radius 3 is 2.50 bits per heavy atom. The maximum Gasteiger partial charge on any atom is 0.118 e. The Morgan fingerprint density at radius 1 is 1.31 bits per heavy atom. The first-order valence-corrected chi connectivity index (χ1v) is 7.99. The number of halogens is 1. The molecule has 1 aromatic carbocycles. The average Bonchev–Trinajstić information content (AvgIpc) is 2.35. The van der Waals surface area contributed by atoms with Crippen LogP contribution in [0.5, 0.6) is 5.75 Å². The van der Waals surface area contributed by atoms with Crippen LogP contribution in [0.15, 0.2) is 24.3 Å². The third kappa shape index (κ3) is 4.79. The maximum absolute atomic E-state index is 5.15. The first-order valence-electron chi connectivity index (χ1n) is 5.48. The molecule has 16 heavy (non-hydrogen) atoms. The zero-order valence-electron chi connectivity index (χ0n) is 9.91. The highest BCUT2D eigenvalue weighted by atomic mass is 79.9. The van der Waals surface area contributed by atoms with Crippen LogP contribution in [0.1, 0.15) is 12.0 Å². The molecule has 0 N–H and O–H groups in total. The van der Waals surface area contributed by atoms with Gasteiger partial charge in [-0.05, 0) is 48.5 Å². The number of rotatable bonds is 7. The maximum atomic E-state index is 5.15. The Balaban J connectivity index is 2.49. The Kier molecular flexibility index (Phi) is 6.97. The summed E-state index contributed by atoms with van der Waals surface area (Å²) < 4.78 is 5.15. The molecule has 0 saturated carbocycles. The molecule has 1 atom stereocenters. The second-order valence-corrected chi connectivity index (χ2v) is 5.49. The van der Waals surface area contributed by atoms with Crippen LogP contribution in [-0.2, 0) is 6.42 Å². The van der Waals surface area contributed by atoms with Gasteiger partial charge >= 0.3 is 0 Å². The van der Waals surface area contributed by atoms with E-state index in [1.807, 2.05) is 23.9 Å². The molecule has 0 aliphatic heterocycles. The smallest absolute Gasteiger partial charge is 0.118 e. The van der Waals surface area contributed by atoms with Gasteiger partial charge in [0.05, 0.1) is 7.11 Å².